The highest BCUT2D eigenvalue weighted by atomic mass is 16.3. The van der Waals surface area contributed by atoms with Crippen molar-refractivity contribution < 1.29 is 29.4 Å². The van der Waals surface area contributed by atoms with E-state index < -0.39 is 54.0 Å². The van der Waals surface area contributed by atoms with E-state index in [1.165, 1.54) is 23.6 Å². The minimum atomic E-state index is -1.23. The van der Waals surface area contributed by atoms with Crippen LogP contribution in [0, 0.1) is 5.92 Å². The third kappa shape index (κ3) is 5.22. The van der Waals surface area contributed by atoms with Gasteiger partial charge in [-0.1, -0.05) is 0 Å². The molecule has 2 saturated heterocycles. The average molecular weight is 413 g/mol. The molecule has 6 atom stereocenters. The van der Waals surface area contributed by atoms with Gasteiger partial charge in [0.25, 0.3) is 0 Å². The number of aliphatic hydroxyl groups excluding tert-OH is 2. The molecule has 2 heterocycles. The molecule has 0 aromatic carbocycles. The minimum Gasteiger partial charge on any atom is -0.391 e. The number of nitrogens with zero attached hydrogens (tertiary/aromatic N) is 2. The summed E-state index contributed by atoms with van der Waals surface area (Å²) < 4.78 is 0. The van der Waals surface area contributed by atoms with Gasteiger partial charge in [-0.3, -0.25) is 19.2 Å². The second-order valence-electron chi connectivity index (χ2n) is 7.86. The Bertz CT molecular complexity index is 655. The highest BCUT2D eigenvalue weighted by Gasteiger charge is 2.41. The van der Waals surface area contributed by atoms with E-state index in [0.717, 1.165) is 0 Å². The van der Waals surface area contributed by atoms with Gasteiger partial charge in [-0.2, -0.15) is 0 Å². The van der Waals surface area contributed by atoms with Gasteiger partial charge in [-0.25, -0.2) is 0 Å². The molecule has 11 heteroatoms. The maximum absolute atomic E-state index is 13.0. The zero-order chi connectivity index (χ0) is 21.9. The average Bonchev–Trinajstić information content (AvgIpc) is 3.32. The van der Waals surface area contributed by atoms with Crippen molar-refractivity contribution in [1.29, 1.82) is 0 Å². The summed E-state index contributed by atoms with van der Waals surface area (Å²) >= 11 is 0. The maximum Gasteiger partial charge on any atom is 0.243 e. The fraction of sp³-hybridized carbons (Fsp3) is 0.778. The van der Waals surface area contributed by atoms with E-state index in [-0.39, 0.29) is 12.5 Å². The molecule has 11 nitrogen and oxygen atoms in total. The summed E-state index contributed by atoms with van der Waals surface area (Å²) in [4.78, 5) is 52.2. The predicted octanol–water partition coefficient (Wildman–Crippen LogP) is -3.12. The molecule has 2 fully saturated rings. The van der Waals surface area contributed by atoms with Crippen LogP contribution in [-0.4, -0.2) is 93.6 Å². The van der Waals surface area contributed by atoms with Gasteiger partial charge < -0.3 is 36.8 Å². The van der Waals surface area contributed by atoms with Crippen LogP contribution in [0.4, 0.5) is 0 Å². The van der Waals surface area contributed by atoms with Crippen molar-refractivity contribution in [3.05, 3.63) is 0 Å². The van der Waals surface area contributed by atoms with Crippen LogP contribution in [0.25, 0.3) is 0 Å². The topological polar surface area (TPSA) is 179 Å². The van der Waals surface area contributed by atoms with Crippen molar-refractivity contribution in [3.63, 3.8) is 0 Å². The lowest BCUT2D eigenvalue weighted by Gasteiger charge is -2.28. The maximum atomic E-state index is 13.0. The van der Waals surface area contributed by atoms with Gasteiger partial charge in [0.05, 0.1) is 18.1 Å². The number of rotatable bonds is 7. The van der Waals surface area contributed by atoms with Gasteiger partial charge in [-0.15, -0.1) is 0 Å². The Morgan fingerprint density at radius 2 is 1.72 bits per heavy atom. The van der Waals surface area contributed by atoms with E-state index in [2.05, 4.69) is 5.32 Å². The van der Waals surface area contributed by atoms with Crippen molar-refractivity contribution in [2.24, 2.45) is 17.4 Å². The summed E-state index contributed by atoms with van der Waals surface area (Å²) in [5, 5.41) is 21.5. The SMILES string of the molecule is C[C@@H](O)[C@H](N)C(=O)N1CC[C@H](C(=O)N2CCC[C@H]2C(=O)N[C@H](C(N)=O)[C@@H](C)O)C1. The number of nitrogens with two attached hydrogens (primary N) is 2. The van der Waals surface area contributed by atoms with Crippen molar-refractivity contribution in [3.8, 4) is 0 Å². The Kier molecular flexibility index (Phi) is 7.55. The fourth-order valence-electron chi connectivity index (χ4n) is 3.80. The Labute approximate surface area is 169 Å². The molecule has 0 aliphatic carbocycles. The molecule has 0 aromatic rings. The van der Waals surface area contributed by atoms with Gasteiger partial charge in [0.15, 0.2) is 0 Å². The molecule has 4 amide bonds. The van der Waals surface area contributed by atoms with Gasteiger partial charge in [0.2, 0.25) is 23.6 Å². The number of amides is 4. The smallest absolute Gasteiger partial charge is 0.243 e. The highest BCUT2D eigenvalue weighted by Crippen LogP contribution is 2.25. The zero-order valence-corrected chi connectivity index (χ0v) is 16.8. The molecular weight excluding hydrogens is 382 g/mol. The van der Waals surface area contributed by atoms with E-state index in [0.29, 0.717) is 32.4 Å². The van der Waals surface area contributed by atoms with Crippen molar-refractivity contribution in [2.45, 2.75) is 63.4 Å². The lowest BCUT2D eigenvalue weighted by atomic mass is 10.1. The van der Waals surface area contributed by atoms with E-state index in [9.17, 15) is 29.4 Å². The van der Waals surface area contributed by atoms with Crippen LogP contribution in [-0.2, 0) is 19.2 Å². The quantitative estimate of drug-likeness (QED) is 0.293. The van der Waals surface area contributed by atoms with Crippen molar-refractivity contribution >= 4 is 23.6 Å². The van der Waals surface area contributed by atoms with Crippen LogP contribution in [0.2, 0.25) is 0 Å². The van der Waals surface area contributed by atoms with Gasteiger partial charge in [0, 0.05) is 19.6 Å². The number of primary amides is 1. The Hall–Kier alpha value is -2.24. The molecule has 0 bridgehead atoms. The standard InChI is InChI=1S/C18H31N5O6/c1-9(24)13(19)18(29)22-7-5-11(8-22)17(28)23-6-3-4-12(23)16(27)21-14(10(2)25)15(20)26/h9-14,24-25H,3-8,19H2,1-2H3,(H2,20,26)(H,21,27)/t9-,10-,11+,12+,13+,14+/m1/s1. The Morgan fingerprint density at radius 1 is 1.07 bits per heavy atom. The molecule has 0 saturated carbocycles. The highest BCUT2D eigenvalue weighted by molar-refractivity contribution is 5.93. The normalized spacial score (nSPS) is 26.0. The van der Waals surface area contributed by atoms with E-state index in [4.69, 9.17) is 11.5 Å². The number of aliphatic hydroxyl groups is 2. The predicted molar refractivity (Wildman–Crippen MR) is 102 cm³/mol. The summed E-state index contributed by atoms with van der Waals surface area (Å²) in [6, 6.07) is -3.03. The van der Waals surface area contributed by atoms with E-state index >= 15 is 0 Å². The first kappa shape index (κ1) is 23.0. The number of nitrogens with one attached hydrogen (secondary N) is 1. The first-order valence-electron chi connectivity index (χ1n) is 9.85. The molecule has 0 aromatic heterocycles. The monoisotopic (exact) mass is 413 g/mol. The number of hydrogen-bond donors (Lipinski definition) is 5. The summed E-state index contributed by atoms with van der Waals surface area (Å²) in [7, 11) is 0. The Morgan fingerprint density at radius 3 is 2.28 bits per heavy atom. The number of carbonyl (C=O) groups is 4. The molecular formula is C18H31N5O6. The summed E-state index contributed by atoms with van der Waals surface area (Å²) in [5.41, 5.74) is 10.9. The lowest BCUT2D eigenvalue weighted by Crippen LogP contribution is -2.56. The van der Waals surface area contributed by atoms with Crippen LogP contribution in [0.15, 0.2) is 0 Å². The number of likely N-dealkylation sites (tertiary alicyclic amines) is 2. The van der Waals surface area contributed by atoms with E-state index in [1.54, 1.807) is 0 Å². The number of hydrogen-bond acceptors (Lipinski definition) is 7. The molecule has 29 heavy (non-hydrogen) atoms. The van der Waals surface area contributed by atoms with Crippen LogP contribution >= 0.6 is 0 Å². The third-order valence-corrected chi connectivity index (χ3v) is 5.58. The summed E-state index contributed by atoms with van der Waals surface area (Å²) in [6.45, 7) is 3.70. The molecule has 2 rings (SSSR count). The first-order valence-corrected chi connectivity index (χ1v) is 9.85. The number of carbonyl (C=O) groups excluding carboxylic acids is 4. The first-order chi connectivity index (χ1) is 13.5. The fourth-order valence-corrected chi connectivity index (χ4v) is 3.80. The van der Waals surface area contributed by atoms with Gasteiger partial charge in [0.1, 0.15) is 18.1 Å². The van der Waals surface area contributed by atoms with Crippen molar-refractivity contribution in [1.82, 2.24) is 15.1 Å². The van der Waals surface area contributed by atoms with Crippen LogP contribution in [0.3, 0.4) is 0 Å². The molecule has 2 aliphatic heterocycles. The molecule has 0 radical (unpaired) electrons. The van der Waals surface area contributed by atoms with Crippen LogP contribution < -0.4 is 16.8 Å². The van der Waals surface area contributed by atoms with Crippen LogP contribution in [0.1, 0.15) is 33.1 Å². The largest absolute Gasteiger partial charge is 0.391 e. The molecule has 0 spiro atoms. The second kappa shape index (κ2) is 9.51. The van der Waals surface area contributed by atoms with Gasteiger partial charge in [-0.05, 0) is 33.1 Å². The molecule has 7 N–H and O–H groups in total. The van der Waals surface area contributed by atoms with Gasteiger partial charge >= 0.3 is 0 Å². The summed E-state index contributed by atoms with van der Waals surface area (Å²) in [5.74, 6) is -2.51. The Balaban J connectivity index is 2.00. The zero-order valence-electron chi connectivity index (χ0n) is 16.8. The summed E-state index contributed by atoms with van der Waals surface area (Å²) in [6.07, 6.45) is -0.641. The van der Waals surface area contributed by atoms with E-state index in [1.807, 2.05) is 0 Å². The second-order valence-corrected chi connectivity index (χ2v) is 7.86. The minimum absolute atomic E-state index is 0.181. The molecule has 0 unspecified atom stereocenters. The lowest BCUT2D eigenvalue weighted by molar-refractivity contribution is -0.142. The molecule has 2 aliphatic rings. The van der Waals surface area contributed by atoms with Crippen LogP contribution in [0.5, 0.6) is 0 Å². The molecule has 164 valence electrons. The third-order valence-electron chi connectivity index (χ3n) is 5.58. The van der Waals surface area contributed by atoms with Crippen molar-refractivity contribution in [2.75, 3.05) is 19.6 Å².